The van der Waals surface area contributed by atoms with E-state index in [1.807, 2.05) is 0 Å². The Kier molecular flexibility index (Phi) is 6.34. The van der Waals surface area contributed by atoms with Crippen molar-refractivity contribution in [3.8, 4) is 6.07 Å². The molecule has 0 spiro atoms. The van der Waals surface area contributed by atoms with Crippen molar-refractivity contribution in [2.24, 2.45) is 0 Å². The van der Waals surface area contributed by atoms with Gasteiger partial charge in [-0.3, -0.25) is 0 Å². The molecular formula is C12H13Cl2N3O. The summed E-state index contributed by atoms with van der Waals surface area (Å²) < 4.78 is 0. The third-order valence-electron chi connectivity index (χ3n) is 2.18. The van der Waals surface area contributed by atoms with Crippen molar-refractivity contribution in [3.63, 3.8) is 0 Å². The molecule has 96 valence electrons. The Labute approximate surface area is 116 Å². The zero-order chi connectivity index (χ0) is 13.4. The highest BCUT2D eigenvalue weighted by Gasteiger charge is 2.03. The van der Waals surface area contributed by atoms with Gasteiger partial charge in [0.25, 0.3) is 0 Å². The summed E-state index contributed by atoms with van der Waals surface area (Å²) in [7, 11) is 0. The highest BCUT2D eigenvalue weighted by atomic mass is 35.5. The molecule has 0 bridgehead atoms. The van der Waals surface area contributed by atoms with Crippen LogP contribution in [0.2, 0.25) is 10.0 Å². The molecule has 0 aromatic heterocycles. The third-order valence-corrected chi connectivity index (χ3v) is 2.92. The average molecular weight is 286 g/mol. The highest BCUT2D eigenvalue weighted by Crippen LogP contribution is 2.24. The van der Waals surface area contributed by atoms with Crippen LogP contribution in [-0.4, -0.2) is 12.6 Å². The van der Waals surface area contributed by atoms with E-state index >= 15 is 0 Å². The number of hydrogen-bond acceptors (Lipinski definition) is 2. The van der Waals surface area contributed by atoms with Crippen molar-refractivity contribution >= 4 is 34.9 Å². The summed E-state index contributed by atoms with van der Waals surface area (Å²) in [6.07, 6.45) is 2.07. The number of halogens is 2. The van der Waals surface area contributed by atoms with E-state index in [2.05, 4.69) is 16.7 Å². The molecule has 0 atom stereocenters. The molecule has 0 saturated carbocycles. The molecule has 18 heavy (non-hydrogen) atoms. The molecule has 0 radical (unpaired) electrons. The molecule has 0 saturated heterocycles. The van der Waals surface area contributed by atoms with Crippen molar-refractivity contribution < 1.29 is 4.79 Å². The first-order valence-corrected chi connectivity index (χ1v) is 6.26. The Morgan fingerprint density at radius 3 is 2.72 bits per heavy atom. The van der Waals surface area contributed by atoms with E-state index < -0.39 is 0 Å². The van der Waals surface area contributed by atoms with E-state index in [9.17, 15) is 4.79 Å². The van der Waals surface area contributed by atoms with Crippen molar-refractivity contribution in [1.29, 1.82) is 5.26 Å². The van der Waals surface area contributed by atoms with Gasteiger partial charge < -0.3 is 10.6 Å². The zero-order valence-electron chi connectivity index (χ0n) is 9.67. The third kappa shape index (κ3) is 5.26. The second kappa shape index (κ2) is 7.80. The van der Waals surface area contributed by atoms with Crippen molar-refractivity contribution in [3.05, 3.63) is 28.2 Å². The number of nitriles is 1. The molecule has 0 heterocycles. The van der Waals surface area contributed by atoms with Crippen LogP contribution in [0.25, 0.3) is 0 Å². The molecule has 0 unspecified atom stereocenters. The second-order valence-electron chi connectivity index (χ2n) is 3.63. The smallest absolute Gasteiger partial charge is 0.319 e. The standard InChI is InChI=1S/C12H13Cl2N3O/c13-10-5-4-9(8-11(10)14)17-12(18)16-7-3-1-2-6-15/h4-5,8H,1-3,7H2,(H2,16,17,18). The molecule has 6 heteroatoms. The Bertz CT molecular complexity index is 457. The van der Waals surface area contributed by atoms with Crippen molar-refractivity contribution in [2.75, 3.05) is 11.9 Å². The molecule has 1 aromatic carbocycles. The average Bonchev–Trinajstić information content (AvgIpc) is 2.34. The van der Waals surface area contributed by atoms with Gasteiger partial charge in [-0.1, -0.05) is 23.2 Å². The first-order valence-electron chi connectivity index (χ1n) is 5.50. The number of anilines is 1. The molecule has 2 amide bonds. The van der Waals surface area contributed by atoms with E-state index in [1.165, 1.54) is 0 Å². The number of nitrogens with zero attached hydrogens (tertiary/aromatic N) is 1. The zero-order valence-corrected chi connectivity index (χ0v) is 11.2. The van der Waals surface area contributed by atoms with Crippen LogP contribution in [0.1, 0.15) is 19.3 Å². The summed E-state index contributed by atoms with van der Waals surface area (Å²) >= 11 is 11.6. The lowest BCUT2D eigenvalue weighted by molar-refractivity contribution is 0.252. The Morgan fingerprint density at radius 2 is 2.06 bits per heavy atom. The summed E-state index contributed by atoms with van der Waals surface area (Å²) in [5, 5.41) is 14.5. The van der Waals surface area contributed by atoms with Gasteiger partial charge >= 0.3 is 6.03 Å². The van der Waals surface area contributed by atoms with Gasteiger partial charge in [-0.2, -0.15) is 5.26 Å². The largest absolute Gasteiger partial charge is 0.338 e. The molecule has 0 fully saturated rings. The van der Waals surface area contributed by atoms with Crippen LogP contribution in [0.3, 0.4) is 0 Å². The van der Waals surface area contributed by atoms with Crippen LogP contribution in [0, 0.1) is 11.3 Å². The maximum Gasteiger partial charge on any atom is 0.319 e. The SMILES string of the molecule is N#CCCCCNC(=O)Nc1ccc(Cl)c(Cl)c1. The quantitative estimate of drug-likeness (QED) is 0.808. The fourth-order valence-corrected chi connectivity index (χ4v) is 1.58. The molecule has 2 N–H and O–H groups in total. The molecule has 4 nitrogen and oxygen atoms in total. The number of unbranched alkanes of at least 4 members (excludes halogenated alkanes) is 2. The van der Waals surface area contributed by atoms with Gasteiger partial charge in [0.05, 0.1) is 16.1 Å². The Balaban J connectivity index is 2.31. The Hall–Kier alpha value is -1.44. The maximum atomic E-state index is 11.5. The van der Waals surface area contributed by atoms with Gasteiger partial charge in [0, 0.05) is 18.7 Å². The van der Waals surface area contributed by atoms with Crippen LogP contribution in [0.4, 0.5) is 10.5 Å². The summed E-state index contributed by atoms with van der Waals surface area (Å²) in [6.45, 7) is 0.537. The number of amides is 2. The number of carbonyl (C=O) groups excluding carboxylic acids is 1. The van der Waals surface area contributed by atoms with Gasteiger partial charge in [-0.05, 0) is 31.0 Å². The summed E-state index contributed by atoms with van der Waals surface area (Å²) in [5.74, 6) is 0. The summed E-state index contributed by atoms with van der Waals surface area (Å²) in [5.41, 5.74) is 0.582. The van der Waals surface area contributed by atoms with Gasteiger partial charge in [0.15, 0.2) is 0 Å². The molecular weight excluding hydrogens is 273 g/mol. The first-order chi connectivity index (χ1) is 8.63. The van der Waals surface area contributed by atoms with Crippen LogP contribution in [0.15, 0.2) is 18.2 Å². The molecule has 0 aliphatic rings. The number of rotatable bonds is 5. The lowest BCUT2D eigenvalue weighted by atomic mass is 10.2. The minimum Gasteiger partial charge on any atom is -0.338 e. The molecule has 1 aromatic rings. The highest BCUT2D eigenvalue weighted by molar-refractivity contribution is 6.42. The van der Waals surface area contributed by atoms with Gasteiger partial charge in [0.1, 0.15) is 0 Å². The number of benzene rings is 1. The second-order valence-corrected chi connectivity index (χ2v) is 4.44. The lowest BCUT2D eigenvalue weighted by Crippen LogP contribution is -2.29. The van der Waals surface area contributed by atoms with E-state index in [4.69, 9.17) is 28.5 Å². The number of carbonyl (C=O) groups is 1. The minimum atomic E-state index is -0.301. The maximum absolute atomic E-state index is 11.5. The summed E-state index contributed by atoms with van der Waals surface area (Å²) in [6, 6.07) is 6.62. The fourth-order valence-electron chi connectivity index (χ4n) is 1.28. The van der Waals surface area contributed by atoms with E-state index in [1.54, 1.807) is 18.2 Å². The summed E-state index contributed by atoms with van der Waals surface area (Å²) in [4.78, 5) is 11.5. The van der Waals surface area contributed by atoms with Crippen molar-refractivity contribution in [1.82, 2.24) is 5.32 Å². The minimum absolute atomic E-state index is 0.301. The van der Waals surface area contributed by atoms with E-state index in [0.717, 1.165) is 12.8 Å². The number of hydrogen-bond donors (Lipinski definition) is 2. The van der Waals surface area contributed by atoms with E-state index in [0.29, 0.717) is 28.7 Å². The topological polar surface area (TPSA) is 64.9 Å². The van der Waals surface area contributed by atoms with E-state index in [-0.39, 0.29) is 6.03 Å². The lowest BCUT2D eigenvalue weighted by Gasteiger charge is -2.07. The van der Waals surface area contributed by atoms with Gasteiger partial charge in [0.2, 0.25) is 0 Å². The van der Waals surface area contributed by atoms with Crippen LogP contribution < -0.4 is 10.6 Å². The fraction of sp³-hybridized carbons (Fsp3) is 0.333. The normalized spacial score (nSPS) is 9.61. The molecule has 0 aliphatic heterocycles. The van der Waals surface area contributed by atoms with Gasteiger partial charge in [-0.15, -0.1) is 0 Å². The monoisotopic (exact) mass is 285 g/mol. The van der Waals surface area contributed by atoms with Crippen LogP contribution in [0.5, 0.6) is 0 Å². The predicted octanol–water partition coefficient (Wildman–Crippen LogP) is 3.81. The number of urea groups is 1. The van der Waals surface area contributed by atoms with Crippen molar-refractivity contribution in [2.45, 2.75) is 19.3 Å². The van der Waals surface area contributed by atoms with Crippen LogP contribution in [-0.2, 0) is 0 Å². The molecule has 1 rings (SSSR count). The first kappa shape index (κ1) is 14.6. The predicted molar refractivity (Wildman–Crippen MR) is 72.9 cm³/mol. The molecule has 0 aliphatic carbocycles. The van der Waals surface area contributed by atoms with Gasteiger partial charge in [-0.25, -0.2) is 4.79 Å². The number of nitrogens with one attached hydrogen (secondary N) is 2. The Morgan fingerprint density at radius 1 is 1.28 bits per heavy atom. The van der Waals surface area contributed by atoms with Crippen LogP contribution >= 0.6 is 23.2 Å².